The molecule has 5 rings (SSSR count). The summed E-state index contributed by atoms with van der Waals surface area (Å²) in [4.78, 5) is 0. The van der Waals surface area contributed by atoms with E-state index in [0.717, 1.165) is 23.0 Å². The third kappa shape index (κ3) is 12.6. The van der Waals surface area contributed by atoms with Gasteiger partial charge in [-0.15, -0.1) is 24.3 Å². The molecule has 3 heteroatoms. The standard InChI is InChI=1S/2C12H9O.C8H12.Pt/c2*1-3-7-11(8-4-1)13-12-9-5-2-6-10-12;1-2-4-6-8-7-5-3-1;/h2*1,3-10H;1-2,7-8H,3-6H2;/q2*-1;;+2. The zero-order valence-electron chi connectivity index (χ0n) is 19.7. The fourth-order valence-corrected chi connectivity index (χ4v) is 2.98. The molecule has 0 saturated heterocycles. The number of hydrogen-bond donors (Lipinski definition) is 0. The Morgan fingerprint density at radius 1 is 0.400 bits per heavy atom. The minimum Gasteiger partial charge on any atom is -0.483 e. The summed E-state index contributed by atoms with van der Waals surface area (Å²) in [6, 6.07) is 40.2. The van der Waals surface area contributed by atoms with E-state index in [0.29, 0.717) is 0 Å². The van der Waals surface area contributed by atoms with E-state index < -0.39 is 0 Å². The van der Waals surface area contributed by atoms with Crippen molar-refractivity contribution in [2.45, 2.75) is 25.7 Å². The van der Waals surface area contributed by atoms with Gasteiger partial charge in [-0.1, -0.05) is 60.7 Å². The Kier molecular flexibility index (Phi) is 14.4. The van der Waals surface area contributed by atoms with Crippen molar-refractivity contribution in [2.24, 2.45) is 0 Å². The minimum absolute atomic E-state index is 0. The van der Waals surface area contributed by atoms with Crippen LogP contribution in [-0.4, -0.2) is 0 Å². The zero-order chi connectivity index (χ0) is 23.5. The van der Waals surface area contributed by atoms with E-state index in [9.17, 15) is 0 Å². The normalized spacial score (nSPS) is 11.7. The molecule has 0 N–H and O–H groups in total. The molecule has 2 nitrogen and oxygen atoms in total. The van der Waals surface area contributed by atoms with E-state index in [-0.39, 0.29) is 21.1 Å². The van der Waals surface area contributed by atoms with Crippen LogP contribution in [0.3, 0.4) is 0 Å². The second kappa shape index (κ2) is 18.0. The zero-order valence-corrected chi connectivity index (χ0v) is 21.9. The molecule has 180 valence electrons. The molecule has 1 aliphatic rings. The summed E-state index contributed by atoms with van der Waals surface area (Å²) in [5.41, 5.74) is 0. The maximum absolute atomic E-state index is 5.56. The first-order valence-electron chi connectivity index (χ1n) is 11.6. The molecule has 4 aromatic carbocycles. The van der Waals surface area contributed by atoms with Gasteiger partial charge in [0.1, 0.15) is 11.5 Å². The van der Waals surface area contributed by atoms with Gasteiger partial charge in [0.05, 0.1) is 0 Å². The van der Waals surface area contributed by atoms with Crippen LogP contribution in [0.5, 0.6) is 23.0 Å². The van der Waals surface area contributed by atoms with Gasteiger partial charge in [-0.05, 0) is 49.9 Å². The van der Waals surface area contributed by atoms with Crippen molar-refractivity contribution >= 4 is 0 Å². The summed E-state index contributed by atoms with van der Waals surface area (Å²) >= 11 is 0. The number of para-hydroxylation sites is 2. The van der Waals surface area contributed by atoms with Crippen LogP contribution in [-0.2, 0) is 21.1 Å². The molecule has 0 radical (unpaired) electrons. The van der Waals surface area contributed by atoms with Crippen LogP contribution in [0.2, 0.25) is 0 Å². The van der Waals surface area contributed by atoms with E-state index >= 15 is 0 Å². The molecule has 0 heterocycles. The predicted molar refractivity (Wildman–Crippen MR) is 140 cm³/mol. The molecular formula is C32H30O2Pt. The quantitative estimate of drug-likeness (QED) is 0.163. The summed E-state index contributed by atoms with van der Waals surface area (Å²) in [5.74, 6) is 3.39. The summed E-state index contributed by atoms with van der Waals surface area (Å²) in [5, 5.41) is 0. The summed E-state index contributed by atoms with van der Waals surface area (Å²) in [6.45, 7) is 0. The van der Waals surface area contributed by atoms with E-state index in [4.69, 9.17) is 9.47 Å². The third-order valence-corrected chi connectivity index (χ3v) is 4.67. The molecule has 0 aliphatic heterocycles. The third-order valence-electron chi connectivity index (χ3n) is 4.67. The SMILES string of the molecule is C1=CCCC=CCC1.[Pt+2].[c-]1ccc(Oc2ccccc2)cc1.[c-]1ccc(Oc2ccccc2)cc1. The van der Waals surface area contributed by atoms with Gasteiger partial charge in [-0.2, -0.15) is 36.4 Å². The fraction of sp³-hybridized carbons (Fsp3) is 0.125. The molecule has 0 atom stereocenters. The van der Waals surface area contributed by atoms with Crippen molar-refractivity contribution < 1.29 is 30.5 Å². The Hall–Kier alpha value is -3.35. The van der Waals surface area contributed by atoms with E-state index in [1.165, 1.54) is 25.7 Å². The van der Waals surface area contributed by atoms with Crippen LogP contribution in [0.15, 0.2) is 133 Å². The maximum Gasteiger partial charge on any atom is 2.00 e. The molecule has 1 aliphatic carbocycles. The average molecular weight is 642 g/mol. The topological polar surface area (TPSA) is 18.5 Å². The van der Waals surface area contributed by atoms with Gasteiger partial charge in [-0.3, -0.25) is 0 Å². The van der Waals surface area contributed by atoms with Gasteiger partial charge in [0.25, 0.3) is 0 Å². The molecule has 0 saturated carbocycles. The van der Waals surface area contributed by atoms with Gasteiger partial charge in [0, 0.05) is 11.5 Å². The fourth-order valence-electron chi connectivity index (χ4n) is 2.98. The number of allylic oxidation sites excluding steroid dienone is 4. The van der Waals surface area contributed by atoms with Crippen molar-refractivity contribution in [2.75, 3.05) is 0 Å². The van der Waals surface area contributed by atoms with Crippen molar-refractivity contribution in [3.05, 3.63) is 146 Å². The first kappa shape index (κ1) is 27.9. The Morgan fingerprint density at radius 2 is 0.686 bits per heavy atom. The minimum atomic E-state index is 0. The van der Waals surface area contributed by atoms with Crippen LogP contribution in [0, 0.1) is 12.1 Å². The second-order valence-electron chi connectivity index (χ2n) is 7.40. The number of ether oxygens (including phenoxy) is 2. The molecular weight excluding hydrogens is 611 g/mol. The van der Waals surface area contributed by atoms with E-state index in [2.05, 4.69) is 36.4 Å². The van der Waals surface area contributed by atoms with Gasteiger partial charge < -0.3 is 9.47 Å². The molecule has 0 spiro atoms. The molecule has 4 aromatic rings. The van der Waals surface area contributed by atoms with Gasteiger partial charge in [0.2, 0.25) is 0 Å². The maximum atomic E-state index is 5.56. The van der Waals surface area contributed by atoms with Crippen LogP contribution >= 0.6 is 0 Å². The van der Waals surface area contributed by atoms with E-state index in [1.54, 1.807) is 0 Å². The van der Waals surface area contributed by atoms with Crippen LogP contribution in [0.1, 0.15) is 25.7 Å². The largest absolute Gasteiger partial charge is 2.00 e. The second-order valence-corrected chi connectivity index (χ2v) is 7.40. The van der Waals surface area contributed by atoms with Gasteiger partial charge >= 0.3 is 21.1 Å². The molecule has 0 aromatic heterocycles. The van der Waals surface area contributed by atoms with E-state index in [1.807, 2.05) is 109 Å². The van der Waals surface area contributed by atoms with Crippen molar-refractivity contribution in [3.63, 3.8) is 0 Å². The number of hydrogen-bond acceptors (Lipinski definition) is 2. The Morgan fingerprint density at radius 3 is 1.00 bits per heavy atom. The van der Waals surface area contributed by atoms with Crippen LogP contribution in [0.25, 0.3) is 0 Å². The predicted octanol–water partition coefficient (Wildman–Crippen LogP) is 9.23. The average Bonchev–Trinajstić information content (AvgIpc) is 2.87. The van der Waals surface area contributed by atoms with Gasteiger partial charge in [-0.25, -0.2) is 0 Å². The Labute approximate surface area is 224 Å². The number of rotatable bonds is 4. The summed E-state index contributed by atoms with van der Waals surface area (Å²) in [6.07, 6.45) is 14.0. The van der Waals surface area contributed by atoms with Crippen LogP contribution in [0.4, 0.5) is 0 Å². The van der Waals surface area contributed by atoms with Crippen LogP contribution < -0.4 is 9.47 Å². The smallest absolute Gasteiger partial charge is 0.483 e. The van der Waals surface area contributed by atoms with Crippen molar-refractivity contribution in [1.82, 2.24) is 0 Å². The molecule has 0 fully saturated rings. The summed E-state index contributed by atoms with van der Waals surface area (Å²) in [7, 11) is 0. The Balaban J connectivity index is 0.000000188. The Bertz CT molecular complexity index is 901. The first-order chi connectivity index (χ1) is 16.9. The monoisotopic (exact) mass is 641 g/mol. The molecule has 0 unspecified atom stereocenters. The molecule has 0 amide bonds. The first-order valence-corrected chi connectivity index (χ1v) is 11.6. The molecule has 35 heavy (non-hydrogen) atoms. The van der Waals surface area contributed by atoms with Crippen molar-refractivity contribution in [1.29, 1.82) is 0 Å². The summed E-state index contributed by atoms with van der Waals surface area (Å²) < 4.78 is 11.1. The molecule has 0 bridgehead atoms. The van der Waals surface area contributed by atoms with Crippen molar-refractivity contribution in [3.8, 4) is 23.0 Å². The number of benzene rings is 4. The van der Waals surface area contributed by atoms with Gasteiger partial charge in [0.15, 0.2) is 0 Å².